The molecule has 2 fully saturated rings. The Hall–Kier alpha value is -5.39. The van der Waals surface area contributed by atoms with Crippen LogP contribution in [0, 0.1) is 5.92 Å². The molecule has 1 aliphatic heterocycles. The summed E-state index contributed by atoms with van der Waals surface area (Å²) in [7, 11) is 0.167. The Bertz CT molecular complexity index is 2380. The molecule has 0 radical (unpaired) electrons. The van der Waals surface area contributed by atoms with Gasteiger partial charge in [-0.15, -0.1) is 0 Å². The normalized spacial score (nSPS) is 17.4. The number of likely N-dealkylation sites (tertiary alicyclic amines) is 1. The molecule has 1 N–H and O–H groups in total. The maximum atomic E-state index is 15.0. The van der Waals surface area contributed by atoms with Gasteiger partial charge >= 0.3 is 6.09 Å². The predicted molar refractivity (Wildman–Crippen MR) is 228 cm³/mol. The van der Waals surface area contributed by atoms with Crippen LogP contribution in [0.3, 0.4) is 0 Å². The highest BCUT2D eigenvalue weighted by molar-refractivity contribution is 6.99. The number of alkyl carbamates (subject to hydrolysis) is 1. The van der Waals surface area contributed by atoms with Gasteiger partial charge in [0, 0.05) is 48.6 Å². The van der Waals surface area contributed by atoms with Crippen molar-refractivity contribution in [1.82, 2.24) is 14.8 Å². The van der Waals surface area contributed by atoms with Gasteiger partial charge in [0.2, 0.25) is 0 Å². The lowest BCUT2D eigenvalue weighted by Gasteiger charge is -2.43. The van der Waals surface area contributed by atoms with Crippen LogP contribution in [0.15, 0.2) is 108 Å². The first-order chi connectivity index (χ1) is 28.0. The molecule has 1 aliphatic carbocycles. The summed E-state index contributed by atoms with van der Waals surface area (Å²) in [6, 6.07) is 35.3. The van der Waals surface area contributed by atoms with Crippen molar-refractivity contribution in [2.75, 3.05) is 33.9 Å². The number of alkyl halides is 1. The smallest absolute Gasteiger partial charge is 0.407 e. The van der Waals surface area contributed by atoms with Crippen molar-refractivity contribution in [3.8, 4) is 17.2 Å². The number of halogens is 1. The number of ether oxygens (including phenoxy) is 2. The molecule has 1 saturated carbocycles. The van der Waals surface area contributed by atoms with Gasteiger partial charge in [0.05, 0.1) is 31.3 Å². The van der Waals surface area contributed by atoms with Crippen molar-refractivity contribution < 1.29 is 32.3 Å². The highest BCUT2D eigenvalue weighted by Crippen LogP contribution is 2.44. The second-order valence-electron chi connectivity index (χ2n) is 16.7. The Morgan fingerprint density at radius 2 is 1.59 bits per heavy atom. The number of rotatable bonds is 12. The number of nitrogens with one attached hydrogen (secondary N) is 1. The summed E-state index contributed by atoms with van der Waals surface area (Å²) in [4.78, 5) is 27.5. The van der Waals surface area contributed by atoms with Crippen LogP contribution < -0.4 is 20.4 Å². The summed E-state index contributed by atoms with van der Waals surface area (Å²) in [5.41, 5.74) is 3.83. The Morgan fingerprint density at radius 1 is 0.914 bits per heavy atom. The summed E-state index contributed by atoms with van der Waals surface area (Å²) in [5, 5.41) is 6.49. The third-order valence-electron chi connectivity index (χ3n) is 11.7. The molecule has 2 amide bonds. The minimum absolute atomic E-state index is 0.0231. The van der Waals surface area contributed by atoms with Crippen molar-refractivity contribution >= 4 is 52.6 Å². The van der Waals surface area contributed by atoms with Crippen molar-refractivity contribution in [2.45, 2.75) is 70.3 Å². The number of fused-ring (bicyclic) bond motifs is 2. The maximum Gasteiger partial charge on any atom is 0.407 e. The van der Waals surface area contributed by atoms with Gasteiger partial charge < -0.3 is 33.1 Å². The number of hydrogen-bond donors (Lipinski definition) is 1. The van der Waals surface area contributed by atoms with E-state index >= 15 is 4.39 Å². The quantitative estimate of drug-likeness (QED) is 0.125. The van der Waals surface area contributed by atoms with E-state index < -0.39 is 32.6 Å². The van der Waals surface area contributed by atoms with Gasteiger partial charge in [0.1, 0.15) is 23.6 Å². The van der Waals surface area contributed by atoms with Crippen LogP contribution in [-0.2, 0) is 22.1 Å². The van der Waals surface area contributed by atoms with Gasteiger partial charge in [-0.25, -0.2) is 9.18 Å². The third kappa shape index (κ3) is 7.53. The highest BCUT2D eigenvalue weighted by Gasteiger charge is 2.50. The number of piperidine rings is 1. The topological polar surface area (TPSA) is 95.2 Å². The molecule has 4 aromatic carbocycles. The summed E-state index contributed by atoms with van der Waals surface area (Å²) in [5.74, 6) is 1.39. The molecule has 302 valence electrons. The minimum atomic E-state index is -2.87. The number of benzene rings is 4. The number of aromatic nitrogens is 1. The van der Waals surface area contributed by atoms with Crippen molar-refractivity contribution in [2.24, 2.45) is 5.92 Å². The van der Waals surface area contributed by atoms with Gasteiger partial charge in [-0.2, -0.15) is 0 Å². The van der Waals surface area contributed by atoms with E-state index in [1.165, 1.54) is 35.2 Å². The monoisotopic (exact) mass is 801 g/mol. The van der Waals surface area contributed by atoms with E-state index in [-0.39, 0.29) is 24.5 Å². The zero-order chi connectivity index (χ0) is 40.6. The number of carbonyl (C=O) groups excluding carboxylic acids is 2. The molecule has 11 heteroatoms. The Morgan fingerprint density at radius 3 is 2.22 bits per heavy atom. The van der Waals surface area contributed by atoms with Gasteiger partial charge in [-0.05, 0) is 64.9 Å². The molecule has 1 saturated heterocycles. The molecule has 0 spiro atoms. The lowest BCUT2D eigenvalue weighted by atomic mass is 10.0. The first-order valence-electron chi connectivity index (χ1n) is 20.3. The first kappa shape index (κ1) is 39.4. The fourth-order valence-electron chi connectivity index (χ4n) is 8.84. The van der Waals surface area contributed by atoms with Crippen LogP contribution in [-0.4, -0.2) is 75.9 Å². The third-order valence-corrected chi connectivity index (χ3v) is 16.8. The van der Waals surface area contributed by atoms with Crippen LogP contribution in [0.1, 0.15) is 56.0 Å². The molecule has 2 aromatic heterocycles. The number of hydrogen-bond acceptors (Lipinski definition) is 6. The number of para-hydroxylation sites is 1. The summed E-state index contributed by atoms with van der Waals surface area (Å²) < 4.78 is 43.2. The van der Waals surface area contributed by atoms with E-state index in [2.05, 4.69) is 110 Å². The first-order valence-corrected chi connectivity index (χ1v) is 22.2. The van der Waals surface area contributed by atoms with E-state index in [1.807, 2.05) is 12.1 Å². The Labute approximate surface area is 340 Å². The second kappa shape index (κ2) is 16.1. The van der Waals surface area contributed by atoms with Crippen molar-refractivity contribution in [3.05, 3.63) is 114 Å². The number of nitrogens with zero attached hydrogens (tertiary/aromatic N) is 2. The fourth-order valence-corrected chi connectivity index (χ4v) is 13.4. The molecule has 2 aliphatic rings. The predicted octanol–water partition coefficient (Wildman–Crippen LogP) is 8.50. The zero-order valence-corrected chi connectivity index (χ0v) is 34.9. The SMILES string of the molecule is CNC(=O)O[C@@H]1C[C@@H](F)CN(C(=O)c2cc(OC)c3c(CCO[Si](c4ccccc4)(c4ccccc4)C(C)(C)C)c(-c4cc5ccccc5n4CC4CC4)oc3c2)C1. The standard InChI is InChI=1S/C47H52FN3O6Si/c1-47(2,3)58(36-15-8-6-9-16-36,37-17-10-7-11-18-37)55-23-22-38-43-41(54-5)25-33(45(52)50-29-34(48)27-35(30-50)56-46(53)49-4)26-42(43)57-44(38)40-24-32-14-12-13-19-39(32)51(40)28-31-20-21-31/h6-19,24-26,31,34-35H,20-23,27-30H2,1-5H3,(H,49,53)/t34-,35-/m1/s1. The van der Waals surface area contributed by atoms with Gasteiger partial charge in [-0.3, -0.25) is 4.79 Å². The van der Waals surface area contributed by atoms with Crippen molar-refractivity contribution in [3.63, 3.8) is 0 Å². The second-order valence-corrected chi connectivity index (χ2v) is 21.0. The largest absolute Gasteiger partial charge is 0.496 e. The number of methoxy groups -OCH3 is 1. The lowest BCUT2D eigenvalue weighted by molar-refractivity contribution is 0.0112. The van der Waals surface area contributed by atoms with Gasteiger partial charge in [0.25, 0.3) is 14.2 Å². The molecular formula is C47H52FN3O6Si. The molecule has 3 heterocycles. The van der Waals surface area contributed by atoms with Gasteiger partial charge in [0.15, 0.2) is 5.76 Å². The van der Waals surface area contributed by atoms with Gasteiger partial charge in [-0.1, -0.05) is 99.6 Å². The molecule has 58 heavy (non-hydrogen) atoms. The molecule has 6 aromatic rings. The average Bonchev–Trinajstić information content (AvgIpc) is 3.88. The molecular weight excluding hydrogens is 750 g/mol. The molecule has 2 atom stereocenters. The highest BCUT2D eigenvalue weighted by atomic mass is 28.4. The number of amides is 2. The van der Waals surface area contributed by atoms with E-state index in [0.717, 1.165) is 34.1 Å². The van der Waals surface area contributed by atoms with E-state index in [4.69, 9.17) is 18.3 Å². The minimum Gasteiger partial charge on any atom is -0.496 e. The van der Waals surface area contributed by atoms with Crippen LogP contribution in [0.5, 0.6) is 5.75 Å². The maximum absolute atomic E-state index is 15.0. The molecule has 9 nitrogen and oxygen atoms in total. The number of furan rings is 1. The van der Waals surface area contributed by atoms with Crippen LogP contribution >= 0.6 is 0 Å². The zero-order valence-electron chi connectivity index (χ0n) is 33.9. The van der Waals surface area contributed by atoms with Crippen molar-refractivity contribution in [1.29, 1.82) is 0 Å². The summed E-state index contributed by atoms with van der Waals surface area (Å²) in [6.07, 6.45) is 0.132. The summed E-state index contributed by atoms with van der Waals surface area (Å²) >= 11 is 0. The Balaban J connectivity index is 1.24. The average molecular weight is 802 g/mol. The molecule has 0 unspecified atom stereocenters. The van der Waals surface area contributed by atoms with E-state index in [9.17, 15) is 9.59 Å². The molecule has 0 bridgehead atoms. The van der Waals surface area contributed by atoms with Crippen LogP contribution in [0.25, 0.3) is 33.3 Å². The summed E-state index contributed by atoms with van der Waals surface area (Å²) in [6.45, 7) is 8.06. The van der Waals surface area contributed by atoms with E-state index in [0.29, 0.717) is 41.6 Å². The molecule has 8 rings (SSSR count). The van der Waals surface area contributed by atoms with Crippen LogP contribution in [0.2, 0.25) is 5.04 Å². The Kier molecular flexibility index (Phi) is 10.9. The number of carbonyl (C=O) groups is 2. The van der Waals surface area contributed by atoms with E-state index in [1.54, 1.807) is 19.2 Å². The fraction of sp³-hybridized carbons (Fsp3) is 0.362. The van der Waals surface area contributed by atoms with Crippen LogP contribution in [0.4, 0.5) is 9.18 Å². The lowest BCUT2D eigenvalue weighted by Crippen LogP contribution is -2.66.